The number of piperidine rings is 1. The topological polar surface area (TPSA) is 15.3 Å². The van der Waals surface area contributed by atoms with Gasteiger partial charge in [0, 0.05) is 29.8 Å². The van der Waals surface area contributed by atoms with Gasteiger partial charge < -0.3 is 5.32 Å². The van der Waals surface area contributed by atoms with Crippen LogP contribution in [-0.2, 0) is 0 Å². The van der Waals surface area contributed by atoms with Crippen LogP contribution < -0.4 is 5.32 Å². The van der Waals surface area contributed by atoms with E-state index < -0.39 is 12.7 Å². The molecule has 0 bridgehead atoms. The summed E-state index contributed by atoms with van der Waals surface area (Å²) in [5.74, 6) is 0. The molecule has 2 rings (SSSR count). The number of rotatable bonds is 3. The van der Waals surface area contributed by atoms with Crippen LogP contribution in [0.1, 0.15) is 18.4 Å². The Balaban J connectivity index is 1.87. The third-order valence-corrected chi connectivity index (χ3v) is 3.78. The number of anilines is 1. The van der Waals surface area contributed by atoms with E-state index in [4.69, 9.17) is 11.6 Å². The van der Waals surface area contributed by atoms with Gasteiger partial charge in [0.25, 0.3) is 0 Å². The van der Waals surface area contributed by atoms with Gasteiger partial charge in [0.1, 0.15) is 0 Å². The highest BCUT2D eigenvalue weighted by atomic mass is 35.5. The Morgan fingerprint density at radius 2 is 1.95 bits per heavy atom. The lowest BCUT2D eigenvalue weighted by Crippen LogP contribution is -2.43. The van der Waals surface area contributed by atoms with E-state index in [0.29, 0.717) is 31.0 Å². The second-order valence-electron chi connectivity index (χ2n) is 5.27. The smallest absolute Gasteiger partial charge is 0.382 e. The molecular formula is C14H18ClF3N2. The second kappa shape index (κ2) is 6.22. The Kier molecular flexibility index (Phi) is 4.81. The van der Waals surface area contributed by atoms with Crippen molar-refractivity contribution in [3.05, 3.63) is 28.8 Å². The minimum Gasteiger partial charge on any atom is -0.382 e. The van der Waals surface area contributed by atoms with Crippen molar-refractivity contribution in [1.29, 1.82) is 0 Å². The Morgan fingerprint density at radius 3 is 2.55 bits per heavy atom. The molecule has 1 saturated heterocycles. The van der Waals surface area contributed by atoms with Crippen LogP contribution in [0.3, 0.4) is 0 Å². The van der Waals surface area contributed by atoms with Gasteiger partial charge in [-0.3, -0.25) is 4.90 Å². The molecule has 6 heteroatoms. The number of nitrogens with zero attached hydrogens (tertiary/aromatic N) is 1. The van der Waals surface area contributed by atoms with Gasteiger partial charge in [-0.25, -0.2) is 0 Å². The molecule has 1 N–H and O–H groups in total. The van der Waals surface area contributed by atoms with Crippen LogP contribution in [0.15, 0.2) is 18.2 Å². The zero-order valence-corrected chi connectivity index (χ0v) is 12.1. The predicted octanol–water partition coefficient (Wildman–Crippen LogP) is 4.09. The maximum absolute atomic E-state index is 12.3. The Hall–Kier alpha value is -0.940. The fourth-order valence-corrected chi connectivity index (χ4v) is 2.63. The summed E-state index contributed by atoms with van der Waals surface area (Å²) in [6.45, 7) is 2.11. The molecule has 0 spiro atoms. The quantitative estimate of drug-likeness (QED) is 0.905. The molecule has 1 fully saturated rings. The van der Waals surface area contributed by atoms with Crippen molar-refractivity contribution in [2.45, 2.75) is 32.0 Å². The summed E-state index contributed by atoms with van der Waals surface area (Å²) in [4.78, 5) is 1.46. The summed E-state index contributed by atoms with van der Waals surface area (Å²) in [6.07, 6.45) is -2.69. The van der Waals surface area contributed by atoms with Crippen molar-refractivity contribution in [1.82, 2.24) is 4.90 Å². The zero-order valence-electron chi connectivity index (χ0n) is 11.3. The van der Waals surface area contributed by atoms with Gasteiger partial charge in [-0.15, -0.1) is 0 Å². The number of aryl methyl sites for hydroxylation is 1. The minimum absolute atomic E-state index is 0.205. The fourth-order valence-electron chi connectivity index (χ4n) is 2.46. The molecule has 0 saturated carbocycles. The van der Waals surface area contributed by atoms with E-state index >= 15 is 0 Å². The Bertz CT molecular complexity index is 454. The van der Waals surface area contributed by atoms with Crippen LogP contribution in [0.2, 0.25) is 5.02 Å². The van der Waals surface area contributed by atoms with E-state index in [0.717, 1.165) is 11.3 Å². The van der Waals surface area contributed by atoms with Crippen molar-refractivity contribution in [3.63, 3.8) is 0 Å². The van der Waals surface area contributed by atoms with Gasteiger partial charge in [-0.05, 0) is 37.5 Å². The van der Waals surface area contributed by atoms with Crippen molar-refractivity contribution < 1.29 is 13.2 Å². The van der Waals surface area contributed by atoms with Crippen LogP contribution in [0.5, 0.6) is 0 Å². The van der Waals surface area contributed by atoms with E-state index in [9.17, 15) is 13.2 Å². The highest BCUT2D eigenvalue weighted by Gasteiger charge is 2.32. The van der Waals surface area contributed by atoms with Crippen LogP contribution in [0.25, 0.3) is 0 Å². The fraction of sp³-hybridized carbons (Fsp3) is 0.571. The van der Waals surface area contributed by atoms with Gasteiger partial charge in [0.15, 0.2) is 0 Å². The molecule has 1 aliphatic rings. The van der Waals surface area contributed by atoms with E-state index in [1.165, 1.54) is 4.90 Å². The lowest BCUT2D eigenvalue weighted by molar-refractivity contribution is -0.147. The van der Waals surface area contributed by atoms with E-state index in [1.807, 2.05) is 25.1 Å². The first-order valence-electron chi connectivity index (χ1n) is 6.65. The number of alkyl halides is 3. The number of benzene rings is 1. The summed E-state index contributed by atoms with van der Waals surface area (Å²) >= 11 is 5.96. The minimum atomic E-state index is -4.11. The average Bonchev–Trinajstić information content (AvgIpc) is 2.34. The third kappa shape index (κ3) is 4.56. The largest absolute Gasteiger partial charge is 0.401 e. The first-order valence-corrected chi connectivity index (χ1v) is 7.03. The number of halogens is 4. The normalized spacial score (nSPS) is 18.2. The lowest BCUT2D eigenvalue weighted by Gasteiger charge is -2.33. The van der Waals surface area contributed by atoms with Gasteiger partial charge in [0.05, 0.1) is 6.54 Å². The molecule has 1 aromatic rings. The Labute approximate surface area is 121 Å². The molecule has 2 nitrogen and oxygen atoms in total. The number of likely N-dealkylation sites (tertiary alicyclic amines) is 1. The van der Waals surface area contributed by atoms with Crippen LogP contribution in [-0.4, -0.2) is 36.8 Å². The molecule has 20 heavy (non-hydrogen) atoms. The van der Waals surface area contributed by atoms with Crippen molar-refractivity contribution in [2.75, 3.05) is 25.0 Å². The SMILES string of the molecule is Cc1ccc(Cl)cc1NC1CCN(CC(F)(F)F)CC1. The van der Waals surface area contributed by atoms with Gasteiger partial charge >= 0.3 is 6.18 Å². The second-order valence-corrected chi connectivity index (χ2v) is 5.71. The summed E-state index contributed by atoms with van der Waals surface area (Å²) in [6, 6.07) is 5.83. The van der Waals surface area contributed by atoms with Crippen LogP contribution in [0.4, 0.5) is 18.9 Å². The highest BCUT2D eigenvalue weighted by Crippen LogP contribution is 2.24. The molecule has 1 aromatic carbocycles. The van der Waals surface area contributed by atoms with Crippen molar-refractivity contribution in [2.24, 2.45) is 0 Å². The molecule has 1 heterocycles. The summed E-state index contributed by atoms with van der Waals surface area (Å²) in [7, 11) is 0. The van der Waals surface area contributed by atoms with Gasteiger partial charge in [-0.2, -0.15) is 13.2 Å². The predicted molar refractivity (Wildman–Crippen MR) is 75.3 cm³/mol. The standard InChI is InChI=1S/C14H18ClF3N2/c1-10-2-3-11(15)8-13(10)19-12-4-6-20(7-5-12)9-14(16,17)18/h2-3,8,12,19H,4-7,9H2,1H3. The first-order chi connectivity index (χ1) is 9.33. The van der Waals surface area contributed by atoms with E-state index in [-0.39, 0.29) is 6.04 Å². The number of hydrogen-bond donors (Lipinski definition) is 1. The lowest BCUT2D eigenvalue weighted by atomic mass is 10.0. The van der Waals surface area contributed by atoms with E-state index in [1.54, 1.807) is 0 Å². The zero-order chi connectivity index (χ0) is 14.8. The molecule has 0 aromatic heterocycles. The maximum Gasteiger partial charge on any atom is 0.401 e. The molecule has 112 valence electrons. The Morgan fingerprint density at radius 1 is 1.30 bits per heavy atom. The molecule has 0 radical (unpaired) electrons. The molecule has 0 atom stereocenters. The van der Waals surface area contributed by atoms with Gasteiger partial charge in [-0.1, -0.05) is 17.7 Å². The molecular weight excluding hydrogens is 289 g/mol. The first kappa shape index (κ1) is 15.4. The third-order valence-electron chi connectivity index (χ3n) is 3.55. The number of nitrogens with one attached hydrogen (secondary N) is 1. The van der Waals surface area contributed by atoms with Crippen LogP contribution >= 0.6 is 11.6 Å². The number of hydrogen-bond acceptors (Lipinski definition) is 2. The molecule has 1 aliphatic heterocycles. The maximum atomic E-state index is 12.3. The van der Waals surface area contributed by atoms with E-state index in [2.05, 4.69) is 5.32 Å². The monoisotopic (exact) mass is 306 g/mol. The van der Waals surface area contributed by atoms with Crippen LogP contribution in [0, 0.1) is 6.92 Å². The average molecular weight is 307 g/mol. The molecule has 0 amide bonds. The van der Waals surface area contributed by atoms with Crippen molar-refractivity contribution >= 4 is 17.3 Å². The molecule has 0 aliphatic carbocycles. The summed E-state index contributed by atoms with van der Waals surface area (Å²) < 4.78 is 36.9. The summed E-state index contributed by atoms with van der Waals surface area (Å²) in [5, 5.41) is 4.04. The van der Waals surface area contributed by atoms with Gasteiger partial charge in [0.2, 0.25) is 0 Å². The van der Waals surface area contributed by atoms with Crippen molar-refractivity contribution in [3.8, 4) is 0 Å². The summed E-state index contributed by atoms with van der Waals surface area (Å²) in [5.41, 5.74) is 2.05. The highest BCUT2D eigenvalue weighted by molar-refractivity contribution is 6.30. The molecule has 0 unspecified atom stereocenters.